The predicted molar refractivity (Wildman–Crippen MR) is 75.9 cm³/mol. The minimum absolute atomic E-state index is 0.665. The summed E-state index contributed by atoms with van der Waals surface area (Å²) in [5.74, 6) is 0.791. The summed E-state index contributed by atoms with van der Waals surface area (Å²) in [5.41, 5.74) is 5.42. The minimum Gasteiger partial charge on any atom is -0.313 e. The highest BCUT2D eigenvalue weighted by atomic mass is 32.2. The number of rotatable bonds is 6. The van der Waals surface area contributed by atoms with Crippen molar-refractivity contribution in [1.29, 1.82) is 0 Å². The van der Waals surface area contributed by atoms with Gasteiger partial charge in [0.05, 0.1) is 0 Å². The molecule has 1 aromatic carbocycles. The Morgan fingerprint density at radius 2 is 1.76 bits per heavy atom. The fourth-order valence-electron chi connectivity index (χ4n) is 1.83. The fourth-order valence-corrected chi connectivity index (χ4v) is 2.39. The Morgan fingerprint density at radius 3 is 2.41 bits per heavy atom. The summed E-state index contributed by atoms with van der Waals surface area (Å²) in [6.07, 6.45) is 2.74. The Kier molecular flexibility index (Phi) is 5.86. The van der Waals surface area contributed by atoms with E-state index < -0.39 is 10.8 Å². The number of aryl methyl sites for hydroxylation is 3. The lowest BCUT2D eigenvalue weighted by Gasteiger charge is -2.10. The molecule has 1 rings (SSSR count). The molecule has 1 atom stereocenters. The van der Waals surface area contributed by atoms with Gasteiger partial charge in [0.25, 0.3) is 0 Å². The Hall–Kier alpha value is -0.670. The van der Waals surface area contributed by atoms with Crippen LogP contribution in [-0.2, 0) is 17.3 Å². The highest BCUT2D eigenvalue weighted by Crippen LogP contribution is 2.14. The summed E-state index contributed by atoms with van der Waals surface area (Å²) in [7, 11) is -0.665. The quantitative estimate of drug-likeness (QED) is 0.789. The van der Waals surface area contributed by atoms with Gasteiger partial charge in [-0.2, -0.15) is 0 Å². The van der Waals surface area contributed by atoms with Crippen molar-refractivity contribution in [1.82, 2.24) is 5.32 Å². The molecule has 0 radical (unpaired) electrons. The lowest BCUT2D eigenvalue weighted by atomic mass is 10.0. The van der Waals surface area contributed by atoms with Crippen LogP contribution >= 0.6 is 0 Å². The van der Waals surface area contributed by atoms with Gasteiger partial charge in [-0.1, -0.05) is 12.1 Å². The zero-order chi connectivity index (χ0) is 12.8. The monoisotopic (exact) mass is 253 g/mol. The first kappa shape index (κ1) is 14.4. The van der Waals surface area contributed by atoms with Crippen LogP contribution in [0.3, 0.4) is 0 Å². The van der Waals surface area contributed by atoms with Crippen molar-refractivity contribution in [2.75, 3.05) is 18.6 Å². The first-order chi connectivity index (χ1) is 8.00. The predicted octanol–water partition coefficient (Wildman–Crippen LogP) is 2.47. The van der Waals surface area contributed by atoms with E-state index in [9.17, 15) is 4.21 Å². The summed E-state index contributed by atoms with van der Waals surface area (Å²) in [6.45, 7) is 8.30. The maximum Gasteiger partial charge on any atom is 0.0244 e. The molecule has 0 aliphatic rings. The van der Waals surface area contributed by atoms with Crippen molar-refractivity contribution in [3.63, 3.8) is 0 Å². The molecular weight excluding hydrogens is 230 g/mol. The second-order valence-corrected chi connectivity index (χ2v) is 6.23. The van der Waals surface area contributed by atoms with Crippen LogP contribution in [0, 0.1) is 20.8 Å². The van der Waals surface area contributed by atoms with Crippen molar-refractivity contribution < 1.29 is 4.21 Å². The number of nitrogens with one attached hydrogen (secondary N) is 1. The highest BCUT2D eigenvalue weighted by Gasteiger charge is 2.01. The summed E-state index contributed by atoms with van der Waals surface area (Å²) < 4.78 is 10.9. The third-order valence-corrected chi connectivity index (χ3v) is 3.92. The van der Waals surface area contributed by atoms with E-state index in [1.165, 1.54) is 22.3 Å². The first-order valence-electron chi connectivity index (χ1n) is 6.08. The lowest BCUT2D eigenvalue weighted by Crippen LogP contribution is -2.17. The SMILES string of the molecule is Cc1cc(C)c(CNCCCS(C)=O)cc1C. The van der Waals surface area contributed by atoms with Crippen molar-refractivity contribution in [3.8, 4) is 0 Å². The van der Waals surface area contributed by atoms with Gasteiger partial charge in [-0.3, -0.25) is 4.21 Å². The van der Waals surface area contributed by atoms with Crippen LogP contribution < -0.4 is 5.32 Å². The van der Waals surface area contributed by atoms with E-state index in [0.29, 0.717) is 0 Å². The second-order valence-electron chi connectivity index (χ2n) is 4.67. The van der Waals surface area contributed by atoms with Gasteiger partial charge in [-0.15, -0.1) is 0 Å². The Labute approximate surface area is 107 Å². The number of benzene rings is 1. The zero-order valence-corrected chi connectivity index (χ0v) is 12.1. The molecule has 0 aliphatic heterocycles. The van der Waals surface area contributed by atoms with E-state index in [2.05, 4.69) is 38.2 Å². The molecule has 1 aromatic rings. The molecule has 0 saturated heterocycles. The van der Waals surface area contributed by atoms with Gasteiger partial charge in [0.2, 0.25) is 0 Å². The molecule has 0 fully saturated rings. The molecule has 0 saturated carbocycles. The molecule has 96 valence electrons. The van der Waals surface area contributed by atoms with E-state index in [-0.39, 0.29) is 0 Å². The second kappa shape index (κ2) is 6.92. The third-order valence-electron chi connectivity index (χ3n) is 3.05. The molecule has 0 aliphatic carbocycles. The molecule has 17 heavy (non-hydrogen) atoms. The molecule has 0 spiro atoms. The van der Waals surface area contributed by atoms with Gasteiger partial charge in [0.15, 0.2) is 0 Å². The van der Waals surface area contributed by atoms with E-state index in [1.54, 1.807) is 6.26 Å². The zero-order valence-electron chi connectivity index (χ0n) is 11.3. The normalized spacial score (nSPS) is 12.7. The van der Waals surface area contributed by atoms with Crippen LogP contribution in [0.1, 0.15) is 28.7 Å². The van der Waals surface area contributed by atoms with E-state index in [4.69, 9.17) is 0 Å². The van der Waals surface area contributed by atoms with Gasteiger partial charge >= 0.3 is 0 Å². The van der Waals surface area contributed by atoms with Gasteiger partial charge in [-0.25, -0.2) is 0 Å². The summed E-state index contributed by atoms with van der Waals surface area (Å²) in [6, 6.07) is 4.50. The van der Waals surface area contributed by atoms with Crippen LogP contribution in [0.5, 0.6) is 0 Å². The maximum atomic E-state index is 10.9. The Morgan fingerprint density at radius 1 is 1.12 bits per heavy atom. The van der Waals surface area contributed by atoms with E-state index >= 15 is 0 Å². The molecule has 1 N–H and O–H groups in total. The van der Waals surface area contributed by atoms with Gasteiger partial charge in [-0.05, 0) is 56.0 Å². The van der Waals surface area contributed by atoms with Crippen LogP contribution in [0.4, 0.5) is 0 Å². The lowest BCUT2D eigenvalue weighted by molar-refractivity contribution is 0.660. The van der Waals surface area contributed by atoms with Crippen LogP contribution in [0.2, 0.25) is 0 Å². The molecule has 1 unspecified atom stereocenters. The first-order valence-corrected chi connectivity index (χ1v) is 7.81. The molecule has 3 heteroatoms. The standard InChI is InChI=1S/C14H23NOS/c1-11-8-13(3)14(9-12(11)2)10-15-6-5-7-17(4)16/h8-9,15H,5-7,10H2,1-4H3. The molecular formula is C14H23NOS. The summed E-state index contributed by atoms with van der Waals surface area (Å²) >= 11 is 0. The maximum absolute atomic E-state index is 10.9. The van der Waals surface area contributed by atoms with Gasteiger partial charge in [0.1, 0.15) is 0 Å². The third kappa shape index (κ3) is 5.00. The minimum atomic E-state index is -0.665. The van der Waals surface area contributed by atoms with Crippen molar-refractivity contribution in [2.24, 2.45) is 0 Å². The van der Waals surface area contributed by atoms with E-state index in [1.807, 2.05) is 0 Å². The number of hydrogen-bond donors (Lipinski definition) is 1. The van der Waals surface area contributed by atoms with Gasteiger partial charge < -0.3 is 5.32 Å². The summed E-state index contributed by atoms with van der Waals surface area (Å²) in [5, 5.41) is 3.41. The van der Waals surface area contributed by atoms with Gasteiger partial charge in [0, 0.05) is 29.4 Å². The topological polar surface area (TPSA) is 29.1 Å². The Balaban J connectivity index is 2.41. The molecule has 0 bridgehead atoms. The molecule has 0 heterocycles. The smallest absolute Gasteiger partial charge is 0.0244 e. The van der Waals surface area contributed by atoms with Crippen LogP contribution in [0.15, 0.2) is 12.1 Å². The molecule has 0 aromatic heterocycles. The highest BCUT2D eigenvalue weighted by molar-refractivity contribution is 7.84. The van der Waals surface area contributed by atoms with Crippen LogP contribution in [-0.4, -0.2) is 22.8 Å². The molecule has 0 amide bonds. The van der Waals surface area contributed by atoms with E-state index in [0.717, 1.165) is 25.3 Å². The van der Waals surface area contributed by atoms with Crippen molar-refractivity contribution in [2.45, 2.75) is 33.7 Å². The fraction of sp³-hybridized carbons (Fsp3) is 0.571. The summed E-state index contributed by atoms with van der Waals surface area (Å²) in [4.78, 5) is 0. The van der Waals surface area contributed by atoms with Crippen LogP contribution in [0.25, 0.3) is 0 Å². The average molecular weight is 253 g/mol. The average Bonchev–Trinajstić information content (AvgIpc) is 2.24. The molecule has 2 nitrogen and oxygen atoms in total. The Bertz CT molecular complexity index is 401. The number of hydrogen-bond acceptors (Lipinski definition) is 2. The van der Waals surface area contributed by atoms with Crippen molar-refractivity contribution >= 4 is 10.8 Å². The van der Waals surface area contributed by atoms with Crippen molar-refractivity contribution in [3.05, 3.63) is 34.4 Å². The largest absolute Gasteiger partial charge is 0.313 e.